The van der Waals surface area contributed by atoms with Gasteiger partial charge >= 0.3 is 8.80 Å². The molecule has 16 heavy (non-hydrogen) atoms. The van der Waals surface area contributed by atoms with Gasteiger partial charge in [0.25, 0.3) is 0 Å². The van der Waals surface area contributed by atoms with Crippen molar-refractivity contribution in [1.82, 2.24) is 0 Å². The molecule has 1 aromatic heterocycles. The summed E-state index contributed by atoms with van der Waals surface area (Å²) in [5, 5.41) is 3.45. The molecule has 0 aliphatic heterocycles. The van der Waals surface area contributed by atoms with Crippen molar-refractivity contribution >= 4 is 20.1 Å². The summed E-state index contributed by atoms with van der Waals surface area (Å²) < 4.78 is 18.5. The van der Waals surface area contributed by atoms with Gasteiger partial charge in [-0.05, 0) is 0 Å². The van der Waals surface area contributed by atoms with Crippen LogP contribution in [0.15, 0.2) is 5.38 Å². The van der Waals surface area contributed by atoms with E-state index in [4.69, 9.17) is 13.3 Å². The molecule has 0 bridgehead atoms. The summed E-state index contributed by atoms with van der Waals surface area (Å²) >= 11 is 1.76. The zero-order valence-electron chi connectivity index (χ0n) is 10.6. The van der Waals surface area contributed by atoms with Crippen LogP contribution in [0.5, 0.6) is 0 Å². The summed E-state index contributed by atoms with van der Waals surface area (Å²) in [4.78, 5) is 0. The van der Waals surface area contributed by atoms with E-state index in [1.807, 2.05) is 0 Å². The third-order valence-corrected chi connectivity index (χ3v) is 6.50. The van der Waals surface area contributed by atoms with Crippen molar-refractivity contribution in [3.8, 4) is 0 Å². The monoisotopic (exact) mass is 262 g/mol. The molecule has 6 heteroatoms. The average Bonchev–Trinajstić information content (AvgIpc) is 2.62. The minimum Gasteiger partial charge on any atom is -0.377 e. The van der Waals surface area contributed by atoms with Gasteiger partial charge in [0.05, 0.1) is 11.4 Å². The van der Waals surface area contributed by atoms with Gasteiger partial charge in [-0.3, -0.25) is 0 Å². The second-order valence-corrected chi connectivity index (χ2v) is 7.75. The number of thiazole rings is 1. The largest absolute Gasteiger partial charge is 0.506 e. The van der Waals surface area contributed by atoms with E-state index in [1.165, 1.54) is 10.7 Å². The highest BCUT2D eigenvalue weighted by Crippen LogP contribution is 2.13. The maximum absolute atomic E-state index is 5.40. The van der Waals surface area contributed by atoms with Crippen molar-refractivity contribution in [2.24, 2.45) is 0 Å². The van der Waals surface area contributed by atoms with Crippen LogP contribution < -0.4 is 4.57 Å². The molecule has 0 aliphatic carbocycles. The summed E-state index contributed by atoms with van der Waals surface area (Å²) in [5.41, 5.74) is 1.27. The maximum Gasteiger partial charge on any atom is 0.506 e. The lowest BCUT2D eigenvalue weighted by Gasteiger charge is -2.22. The Hall–Kier alpha value is -0.273. The van der Waals surface area contributed by atoms with Crippen molar-refractivity contribution in [3.63, 3.8) is 0 Å². The van der Waals surface area contributed by atoms with Crippen LogP contribution in [-0.4, -0.2) is 30.1 Å². The fourth-order valence-electron chi connectivity index (χ4n) is 1.68. The molecule has 0 spiro atoms. The lowest BCUT2D eigenvalue weighted by Crippen LogP contribution is -2.48. The Morgan fingerprint density at radius 1 is 1.19 bits per heavy atom. The van der Waals surface area contributed by atoms with E-state index in [-0.39, 0.29) is 0 Å². The van der Waals surface area contributed by atoms with E-state index in [9.17, 15) is 0 Å². The van der Waals surface area contributed by atoms with Gasteiger partial charge < -0.3 is 13.3 Å². The normalized spacial score (nSPS) is 12.1. The second kappa shape index (κ2) is 5.88. The lowest BCUT2D eigenvalue weighted by atomic mass is 10.5. The van der Waals surface area contributed by atoms with Crippen LogP contribution in [0.2, 0.25) is 6.04 Å². The quantitative estimate of drug-likeness (QED) is 0.575. The molecular formula is C10H20NO3SSi+. The average molecular weight is 262 g/mol. The molecule has 0 aliphatic rings. The van der Waals surface area contributed by atoms with E-state index < -0.39 is 8.80 Å². The molecule has 0 unspecified atom stereocenters. The Kier molecular flexibility index (Phi) is 5.07. The van der Waals surface area contributed by atoms with E-state index >= 15 is 0 Å². The van der Waals surface area contributed by atoms with E-state index in [0.29, 0.717) is 0 Å². The van der Waals surface area contributed by atoms with Crippen LogP contribution in [0.3, 0.4) is 0 Å². The number of nitrogens with zero attached hydrogens (tertiary/aromatic N) is 1. The third kappa shape index (κ3) is 2.89. The topological polar surface area (TPSA) is 31.6 Å². The summed E-state index contributed by atoms with van der Waals surface area (Å²) in [5.74, 6) is 0. The van der Waals surface area contributed by atoms with E-state index in [0.717, 1.165) is 12.6 Å². The molecule has 0 saturated carbocycles. The Morgan fingerprint density at radius 3 is 2.12 bits per heavy atom. The first kappa shape index (κ1) is 13.8. The first-order chi connectivity index (χ1) is 7.58. The second-order valence-electron chi connectivity index (χ2n) is 3.59. The highest BCUT2D eigenvalue weighted by molar-refractivity contribution is 7.09. The van der Waals surface area contributed by atoms with Gasteiger partial charge in [0, 0.05) is 35.2 Å². The van der Waals surface area contributed by atoms with E-state index in [1.54, 1.807) is 32.7 Å². The van der Waals surface area contributed by atoms with Gasteiger partial charge in [0.15, 0.2) is 12.2 Å². The first-order valence-electron chi connectivity index (χ1n) is 5.18. The molecule has 0 fully saturated rings. The molecule has 1 aromatic rings. The molecule has 0 N–H and O–H groups in total. The van der Waals surface area contributed by atoms with Crippen LogP contribution in [0.1, 0.15) is 10.7 Å². The van der Waals surface area contributed by atoms with Crippen molar-refractivity contribution in [2.45, 2.75) is 26.4 Å². The molecule has 92 valence electrons. The van der Waals surface area contributed by atoms with E-state index in [2.05, 4.69) is 23.8 Å². The fourth-order valence-corrected chi connectivity index (χ4v) is 4.13. The first-order valence-corrected chi connectivity index (χ1v) is 7.99. The molecule has 0 aromatic carbocycles. The van der Waals surface area contributed by atoms with Gasteiger partial charge in [0.2, 0.25) is 5.01 Å². The van der Waals surface area contributed by atoms with Crippen molar-refractivity contribution in [3.05, 3.63) is 16.1 Å². The number of hydrogen-bond donors (Lipinski definition) is 0. The van der Waals surface area contributed by atoms with Gasteiger partial charge in [-0.25, -0.2) is 0 Å². The molecule has 0 saturated heterocycles. The molecule has 0 amide bonds. The Balaban J connectivity index is 2.69. The SMILES string of the molecule is CO[Si](CC[n+]1c(C)csc1C)(OC)OC. The zero-order chi connectivity index (χ0) is 12.2. The predicted octanol–water partition coefficient (Wildman–Crippen LogP) is 1.53. The lowest BCUT2D eigenvalue weighted by molar-refractivity contribution is -0.700. The molecular weight excluding hydrogens is 242 g/mol. The van der Waals surface area contributed by atoms with Crippen molar-refractivity contribution in [2.75, 3.05) is 21.3 Å². The standard InChI is InChI=1S/C10H20NO3SSi/c1-9-8-15-10(2)11(9)6-7-16(12-3,13-4)14-5/h8H,6-7H2,1-5H3/q+1. The van der Waals surface area contributed by atoms with Crippen LogP contribution in [-0.2, 0) is 19.8 Å². The highest BCUT2D eigenvalue weighted by atomic mass is 32.1. The van der Waals surface area contributed by atoms with Crippen LogP contribution in [0, 0.1) is 13.8 Å². The number of hydrogen-bond acceptors (Lipinski definition) is 4. The smallest absolute Gasteiger partial charge is 0.377 e. The van der Waals surface area contributed by atoms with Gasteiger partial charge in [-0.1, -0.05) is 11.3 Å². The number of aryl methyl sites for hydroxylation is 2. The minimum atomic E-state index is -2.44. The maximum atomic E-state index is 5.40. The van der Waals surface area contributed by atoms with Crippen molar-refractivity contribution in [1.29, 1.82) is 0 Å². The summed E-state index contributed by atoms with van der Waals surface area (Å²) in [7, 11) is 2.51. The minimum absolute atomic E-state index is 0.791. The summed E-state index contributed by atoms with van der Waals surface area (Å²) in [6.45, 7) is 5.11. The molecule has 0 atom stereocenters. The van der Waals surface area contributed by atoms with Crippen molar-refractivity contribution < 1.29 is 17.8 Å². The molecule has 4 nitrogen and oxygen atoms in total. The predicted molar refractivity (Wildman–Crippen MR) is 65.6 cm³/mol. The number of rotatable bonds is 6. The molecule has 1 rings (SSSR count). The van der Waals surface area contributed by atoms with Gasteiger partial charge in [-0.2, -0.15) is 4.57 Å². The van der Waals surface area contributed by atoms with Gasteiger partial charge in [-0.15, -0.1) is 0 Å². The molecule has 1 heterocycles. The fraction of sp³-hybridized carbons (Fsp3) is 0.700. The zero-order valence-corrected chi connectivity index (χ0v) is 12.4. The summed E-state index contributed by atoms with van der Waals surface area (Å²) in [6, 6.07) is 0.791. The summed E-state index contributed by atoms with van der Waals surface area (Å²) in [6.07, 6.45) is 0. The Bertz CT molecular complexity index is 311. The Labute approximate surface area is 102 Å². The van der Waals surface area contributed by atoms with Crippen LogP contribution in [0.4, 0.5) is 0 Å². The highest BCUT2D eigenvalue weighted by Gasteiger charge is 2.39. The number of aromatic nitrogens is 1. The molecule has 0 radical (unpaired) electrons. The van der Waals surface area contributed by atoms with Crippen LogP contribution >= 0.6 is 11.3 Å². The van der Waals surface area contributed by atoms with Gasteiger partial charge in [0.1, 0.15) is 0 Å². The third-order valence-electron chi connectivity index (χ3n) is 2.78. The Morgan fingerprint density at radius 2 is 1.75 bits per heavy atom. The van der Waals surface area contributed by atoms with Crippen LogP contribution in [0.25, 0.3) is 0 Å².